The molecule has 1 aliphatic rings. The summed E-state index contributed by atoms with van der Waals surface area (Å²) in [5.41, 5.74) is 5.43. The van der Waals surface area contributed by atoms with Gasteiger partial charge in [-0.05, 0) is 19.8 Å². The van der Waals surface area contributed by atoms with Crippen LogP contribution in [0.4, 0.5) is 0 Å². The van der Waals surface area contributed by atoms with Gasteiger partial charge >= 0.3 is 0 Å². The Morgan fingerprint density at radius 1 is 1.59 bits per heavy atom. The van der Waals surface area contributed by atoms with Crippen LogP contribution in [0.2, 0.25) is 0 Å². The molecule has 0 aliphatic carbocycles. The second-order valence-corrected chi connectivity index (χ2v) is 4.48. The van der Waals surface area contributed by atoms with E-state index in [1.165, 1.54) is 0 Å². The van der Waals surface area contributed by atoms with Gasteiger partial charge in [0.05, 0.1) is 0 Å². The summed E-state index contributed by atoms with van der Waals surface area (Å²) in [5.74, 6) is 0.305. The van der Waals surface area contributed by atoms with Crippen molar-refractivity contribution in [2.45, 2.75) is 32.2 Å². The van der Waals surface area contributed by atoms with E-state index < -0.39 is 0 Å². The lowest BCUT2D eigenvalue weighted by atomic mass is 9.98. The van der Waals surface area contributed by atoms with E-state index in [1.807, 2.05) is 6.92 Å². The van der Waals surface area contributed by atoms with Crippen LogP contribution in [-0.2, 0) is 9.53 Å². The summed E-state index contributed by atoms with van der Waals surface area (Å²) in [5, 5.41) is 11.4. The summed E-state index contributed by atoms with van der Waals surface area (Å²) < 4.78 is 5.23. The second-order valence-electron chi connectivity index (χ2n) is 4.48. The molecule has 0 spiro atoms. The van der Waals surface area contributed by atoms with E-state index in [0.717, 1.165) is 12.8 Å². The van der Waals surface area contributed by atoms with Gasteiger partial charge in [0.2, 0.25) is 5.91 Å². The van der Waals surface area contributed by atoms with Crippen LogP contribution in [0.15, 0.2) is 5.16 Å². The third-order valence-corrected chi connectivity index (χ3v) is 3.21. The zero-order chi connectivity index (χ0) is 12.8. The van der Waals surface area contributed by atoms with Crippen molar-refractivity contribution in [3.8, 4) is 0 Å². The van der Waals surface area contributed by atoms with Crippen LogP contribution < -0.4 is 5.73 Å². The SMILES string of the molecule is CC(CC(N)=NO)N(C)C(=O)C1CCOCC1. The molecule has 0 bridgehead atoms. The van der Waals surface area contributed by atoms with E-state index in [4.69, 9.17) is 15.7 Å². The van der Waals surface area contributed by atoms with Crippen molar-refractivity contribution in [3.05, 3.63) is 0 Å². The van der Waals surface area contributed by atoms with Crippen molar-refractivity contribution in [3.63, 3.8) is 0 Å². The van der Waals surface area contributed by atoms with Crippen LogP contribution in [0.1, 0.15) is 26.2 Å². The first-order valence-corrected chi connectivity index (χ1v) is 5.87. The second kappa shape index (κ2) is 6.44. The van der Waals surface area contributed by atoms with Gasteiger partial charge in [0.1, 0.15) is 5.84 Å². The molecule has 0 radical (unpaired) electrons. The molecule has 1 atom stereocenters. The van der Waals surface area contributed by atoms with Crippen molar-refractivity contribution >= 4 is 11.7 Å². The van der Waals surface area contributed by atoms with Crippen LogP contribution in [0, 0.1) is 5.92 Å². The highest BCUT2D eigenvalue weighted by Gasteiger charge is 2.27. The van der Waals surface area contributed by atoms with E-state index in [1.54, 1.807) is 11.9 Å². The van der Waals surface area contributed by atoms with E-state index in [9.17, 15) is 4.79 Å². The summed E-state index contributed by atoms with van der Waals surface area (Å²) in [4.78, 5) is 13.8. The molecule has 1 amide bonds. The van der Waals surface area contributed by atoms with Crippen LogP contribution >= 0.6 is 0 Å². The van der Waals surface area contributed by atoms with Crippen molar-refractivity contribution in [1.82, 2.24) is 4.90 Å². The zero-order valence-corrected chi connectivity index (χ0v) is 10.4. The summed E-state index contributed by atoms with van der Waals surface area (Å²) >= 11 is 0. The number of oxime groups is 1. The molecule has 0 aromatic heterocycles. The normalized spacial score (nSPS) is 20.0. The van der Waals surface area contributed by atoms with Gasteiger partial charge in [-0.3, -0.25) is 4.79 Å². The van der Waals surface area contributed by atoms with Crippen LogP contribution in [0.3, 0.4) is 0 Å². The molecule has 1 heterocycles. The number of nitrogens with zero attached hydrogens (tertiary/aromatic N) is 2. The molecule has 3 N–H and O–H groups in total. The van der Waals surface area contributed by atoms with E-state index in [2.05, 4.69) is 5.16 Å². The number of carbonyl (C=O) groups excluding carboxylic acids is 1. The number of hydrogen-bond acceptors (Lipinski definition) is 4. The number of carbonyl (C=O) groups is 1. The average Bonchev–Trinajstić information content (AvgIpc) is 2.37. The molecule has 98 valence electrons. The molecule has 1 unspecified atom stereocenters. The van der Waals surface area contributed by atoms with E-state index in [-0.39, 0.29) is 23.7 Å². The molecule has 0 aromatic rings. The Kier molecular flexibility index (Phi) is 5.21. The van der Waals surface area contributed by atoms with E-state index >= 15 is 0 Å². The smallest absolute Gasteiger partial charge is 0.225 e. The van der Waals surface area contributed by atoms with Crippen LogP contribution in [0.25, 0.3) is 0 Å². The minimum atomic E-state index is -0.0683. The highest BCUT2D eigenvalue weighted by atomic mass is 16.5. The largest absolute Gasteiger partial charge is 0.409 e. The van der Waals surface area contributed by atoms with Crippen LogP contribution in [-0.4, -0.2) is 48.2 Å². The number of rotatable bonds is 4. The average molecular weight is 243 g/mol. The lowest BCUT2D eigenvalue weighted by molar-refractivity contribution is -0.138. The lowest BCUT2D eigenvalue weighted by Crippen LogP contribution is -2.42. The minimum Gasteiger partial charge on any atom is -0.409 e. The van der Waals surface area contributed by atoms with Gasteiger partial charge in [-0.1, -0.05) is 5.16 Å². The van der Waals surface area contributed by atoms with Crippen molar-refractivity contribution in [1.29, 1.82) is 0 Å². The molecule has 0 aromatic carbocycles. The molecule has 6 nitrogen and oxygen atoms in total. The Morgan fingerprint density at radius 3 is 2.71 bits per heavy atom. The fraction of sp³-hybridized carbons (Fsp3) is 0.818. The molecular weight excluding hydrogens is 222 g/mol. The van der Waals surface area contributed by atoms with Gasteiger partial charge in [-0.25, -0.2) is 0 Å². The third kappa shape index (κ3) is 3.89. The summed E-state index contributed by atoms with van der Waals surface area (Å²) in [6, 6.07) is -0.0683. The topological polar surface area (TPSA) is 88.2 Å². The quantitative estimate of drug-likeness (QED) is 0.324. The Labute approximate surface area is 101 Å². The maximum absolute atomic E-state index is 12.1. The maximum atomic E-state index is 12.1. The van der Waals surface area contributed by atoms with Crippen LogP contribution in [0.5, 0.6) is 0 Å². The van der Waals surface area contributed by atoms with Crippen molar-refractivity contribution in [2.75, 3.05) is 20.3 Å². The summed E-state index contributed by atoms with van der Waals surface area (Å²) in [6.45, 7) is 3.19. The Balaban J connectivity index is 2.49. The first-order valence-electron chi connectivity index (χ1n) is 5.87. The molecule has 1 rings (SSSR count). The van der Waals surface area contributed by atoms with Gasteiger partial charge in [0.15, 0.2) is 0 Å². The fourth-order valence-corrected chi connectivity index (χ4v) is 1.93. The first-order chi connectivity index (χ1) is 8.06. The Hall–Kier alpha value is -1.30. The fourth-order valence-electron chi connectivity index (χ4n) is 1.93. The summed E-state index contributed by atoms with van der Waals surface area (Å²) in [6.07, 6.45) is 1.93. The number of nitrogens with two attached hydrogens (primary N) is 1. The number of hydrogen-bond donors (Lipinski definition) is 2. The Morgan fingerprint density at radius 2 is 2.18 bits per heavy atom. The number of ether oxygens (including phenoxy) is 1. The highest BCUT2D eigenvalue weighted by Crippen LogP contribution is 2.18. The van der Waals surface area contributed by atoms with Gasteiger partial charge in [-0.15, -0.1) is 0 Å². The van der Waals surface area contributed by atoms with E-state index in [0.29, 0.717) is 19.6 Å². The lowest BCUT2D eigenvalue weighted by Gasteiger charge is -2.30. The molecule has 1 saturated heterocycles. The predicted octanol–water partition coefficient (Wildman–Crippen LogP) is 0.396. The minimum absolute atomic E-state index is 0.0449. The molecular formula is C11H21N3O3. The third-order valence-electron chi connectivity index (χ3n) is 3.21. The predicted molar refractivity (Wildman–Crippen MR) is 63.8 cm³/mol. The monoisotopic (exact) mass is 243 g/mol. The highest BCUT2D eigenvalue weighted by molar-refractivity contribution is 5.82. The standard InChI is InChI=1S/C11H21N3O3/c1-8(7-10(12)13-16)14(2)11(15)9-3-5-17-6-4-9/h8-9,16H,3-7H2,1-2H3,(H2,12,13). The molecule has 0 saturated carbocycles. The maximum Gasteiger partial charge on any atom is 0.225 e. The number of amides is 1. The molecule has 6 heteroatoms. The van der Waals surface area contributed by atoms with Crippen molar-refractivity contribution < 1.29 is 14.7 Å². The summed E-state index contributed by atoms with van der Waals surface area (Å²) in [7, 11) is 1.76. The molecule has 1 aliphatic heterocycles. The Bertz CT molecular complexity index is 288. The van der Waals surface area contributed by atoms with Gasteiger partial charge < -0.3 is 20.6 Å². The van der Waals surface area contributed by atoms with Gasteiger partial charge in [0.25, 0.3) is 0 Å². The molecule has 17 heavy (non-hydrogen) atoms. The van der Waals surface area contributed by atoms with Crippen molar-refractivity contribution in [2.24, 2.45) is 16.8 Å². The zero-order valence-electron chi connectivity index (χ0n) is 10.4. The van der Waals surface area contributed by atoms with Gasteiger partial charge in [0, 0.05) is 38.6 Å². The number of amidine groups is 1. The molecule has 1 fully saturated rings. The van der Waals surface area contributed by atoms with Gasteiger partial charge in [-0.2, -0.15) is 0 Å². The first kappa shape index (κ1) is 13.8.